The maximum atomic E-state index is 10.00. The Kier molecular flexibility index (Phi) is 2.90. The summed E-state index contributed by atoms with van der Waals surface area (Å²) in [5.41, 5.74) is 0. The molecule has 0 amide bonds. The second-order valence-corrected chi connectivity index (χ2v) is 5.40. The second kappa shape index (κ2) is 3.74. The molecule has 1 saturated carbocycles. The Bertz CT molecular complexity index is 219. The van der Waals surface area contributed by atoms with Gasteiger partial charge in [0, 0.05) is 5.33 Å². The Balaban J connectivity index is 2.00. The lowest BCUT2D eigenvalue weighted by molar-refractivity contribution is -0.167. The van der Waals surface area contributed by atoms with Crippen LogP contribution in [0.2, 0.25) is 0 Å². The van der Waals surface area contributed by atoms with Crippen molar-refractivity contribution >= 4 is 15.9 Å². The normalized spacial score (nSPS) is 45.4. The lowest BCUT2D eigenvalue weighted by Gasteiger charge is -2.23. The molecule has 0 aromatic carbocycles. The number of ether oxygens (including phenoxy) is 2. The zero-order chi connectivity index (χ0) is 10.3. The van der Waals surface area contributed by atoms with Gasteiger partial charge in [-0.25, -0.2) is 0 Å². The molecule has 2 rings (SSSR count). The molecular formula is C10H17BrO3. The smallest absolute Gasteiger partial charge is 0.163 e. The largest absolute Gasteiger partial charge is 0.390 e. The van der Waals surface area contributed by atoms with Crippen LogP contribution >= 0.6 is 15.9 Å². The molecule has 4 heteroatoms. The summed E-state index contributed by atoms with van der Waals surface area (Å²) in [5.74, 6) is -0.198. The molecule has 0 radical (unpaired) electrons. The van der Waals surface area contributed by atoms with Crippen molar-refractivity contribution in [2.45, 2.75) is 50.8 Å². The SMILES string of the molecule is CC1(C)O[C@@H]2[C@@H](O)[C@@H](CCBr)C[C@@H]2O1. The van der Waals surface area contributed by atoms with Crippen LogP contribution in [0.15, 0.2) is 0 Å². The third kappa shape index (κ3) is 1.85. The zero-order valence-corrected chi connectivity index (χ0v) is 10.2. The number of aliphatic hydroxyl groups excluding tert-OH is 1. The van der Waals surface area contributed by atoms with Crippen molar-refractivity contribution in [3.8, 4) is 0 Å². The monoisotopic (exact) mass is 264 g/mol. The molecule has 0 aromatic heterocycles. The maximum Gasteiger partial charge on any atom is 0.163 e. The van der Waals surface area contributed by atoms with E-state index in [0.717, 1.165) is 18.2 Å². The lowest BCUT2D eigenvalue weighted by atomic mass is 10.0. The van der Waals surface area contributed by atoms with Crippen LogP contribution in [0, 0.1) is 5.92 Å². The summed E-state index contributed by atoms with van der Waals surface area (Å²) in [7, 11) is 0. The van der Waals surface area contributed by atoms with E-state index in [2.05, 4.69) is 15.9 Å². The third-order valence-corrected chi connectivity index (χ3v) is 3.51. The molecular weight excluding hydrogens is 248 g/mol. The quantitative estimate of drug-likeness (QED) is 0.772. The molecule has 2 fully saturated rings. The maximum absolute atomic E-state index is 10.00. The summed E-state index contributed by atoms with van der Waals surface area (Å²) in [4.78, 5) is 0. The van der Waals surface area contributed by atoms with Gasteiger partial charge in [-0.15, -0.1) is 0 Å². The van der Waals surface area contributed by atoms with E-state index in [4.69, 9.17) is 9.47 Å². The number of aliphatic hydroxyl groups is 1. The van der Waals surface area contributed by atoms with Gasteiger partial charge in [-0.05, 0) is 32.6 Å². The van der Waals surface area contributed by atoms with E-state index < -0.39 is 5.79 Å². The predicted octanol–water partition coefficient (Wildman–Crippen LogP) is 1.67. The first kappa shape index (κ1) is 10.9. The summed E-state index contributed by atoms with van der Waals surface area (Å²) in [6.45, 7) is 3.80. The highest BCUT2D eigenvalue weighted by Gasteiger charge is 2.52. The number of fused-ring (bicyclic) bond motifs is 1. The van der Waals surface area contributed by atoms with Crippen molar-refractivity contribution in [1.29, 1.82) is 0 Å². The highest BCUT2D eigenvalue weighted by atomic mass is 79.9. The molecule has 1 N–H and O–H groups in total. The second-order valence-electron chi connectivity index (χ2n) is 4.60. The Morgan fingerprint density at radius 3 is 2.71 bits per heavy atom. The molecule has 2 aliphatic rings. The lowest BCUT2D eigenvalue weighted by Crippen LogP contribution is -2.31. The summed E-state index contributed by atoms with van der Waals surface area (Å²) >= 11 is 3.40. The van der Waals surface area contributed by atoms with Crippen LogP contribution in [0.1, 0.15) is 26.7 Å². The topological polar surface area (TPSA) is 38.7 Å². The highest BCUT2D eigenvalue weighted by Crippen LogP contribution is 2.42. The summed E-state index contributed by atoms with van der Waals surface area (Å²) < 4.78 is 11.4. The average Bonchev–Trinajstić information content (AvgIpc) is 2.50. The van der Waals surface area contributed by atoms with Crippen LogP contribution in [0.3, 0.4) is 0 Å². The fraction of sp³-hybridized carbons (Fsp3) is 1.00. The van der Waals surface area contributed by atoms with Gasteiger partial charge in [-0.3, -0.25) is 0 Å². The van der Waals surface area contributed by atoms with Crippen LogP contribution in [0.5, 0.6) is 0 Å². The van der Waals surface area contributed by atoms with E-state index in [1.54, 1.807) is 0 Å². The Hall–Kier alpha value is 0.360. The minimum atomic E-state index is -0.518. The molecule has 82 valence electrons. The van der Waals surface area contributed by atoms with Crippen molar-refractivity contribution in [2.75, 3.05) is 5.33 Å². The van der Waals surface area contributed by atoms with E-state index in [-0.39, 0.29) is 18.3 Å². The van der Waals surface area contributed by atoms with Crippen molar-refractivity contribution in [1.82, 2.24) is 0 Å². The Labute approximate surface area is 92.9 Å². The van der Waals surface area contributed by atoms with Crippen molar-refractivity contribution < 1.29 is 14.6 Å². The highest BCUT2D eigenvalue weighted by molar-refractivity contribution is 9.09. The molecule has 0 bridgehead atoms. The summed E-state index contributed by atoms with van der Waals surface area (Å²) in [6.07, 6.45) is 1.51. The summed E-state index contributed by atoms with van der Waals surface area (Å²) in [5, 5.41) is 10.9. The Morgan fingerprint density at radius 1 is 1.43 bits per heavy atom. The molecule has 1 aliphatic heterocycles. The van der Waals surface area contributed by atoms with E-state index >= 15 is 0 Å². The average molecular weight is 265 g/mol. The minimum absolute atomic E-state index is 0.0871. The van der Waals surface area contributed by atoms with Crippen LogP contribution in [0.25, 0.3) is 0 Å². The van der Waals surface area contributed by atoms with Crippen LogP contribution in [0.4, 0.5) is 0 Å². The minimum Gasteiger partial charge on any atom is -0.390 e. The van der Waals surface area contributed by atoms with Gasteiger partial charge in [0.15, 0.2) is 5.79 Å². The van der Waals surface area contributed by atoms with E-state index in [0.29, 0.717) is 5.92 Å². The summed E-state index contributed by atoms with van der Waals surface area (Å²) in [6, 6.07) is 0. The van der Waals surface area contributed by atoms with Crippen molar-refractivity contribution in [3.63, 3.8) is 0 Å². The molecule has 1 heterocycles. The fourth-order valence-corrected chi connectivity index (χ4v) is 3.06. The number of halogens is 1. The van der Waals surface area contributed by atoms with Gasteiger partial charge in [-0.1, -0.05) is 15.9 Å². The molecule has 1 aliphatic carbocycles. The number of rotatable bonds is 2. The predicted molar refractivity (Wildman–Crippen MR) is 56.3 cm³/mol. The van der Waals surface area contributed by atoms with E-state index in [1.807, 2.05) is 13.8 Å². The molecule has 0 spiro atoms. The van der Waals surface area contributed by atoms with Gasteiger partial charge in [0.1, 0.15) is 6.10 Å². The van der Waals surface area contributed by atoms with Crippen molar-refractivity contribution in [3.05, 3.63) is 0 Å². The van der Waals surface area contributed by atoms with Gasteiger partial charge in [0.2, 0.25) is 0 Å². The number of alkyl halides is 1. The standard InChI is InChI=1S/C10H17BrO3/c1-10(2)13-7-5-6(3-4-11)8(12)9(7)14-10/h6-9,12H,3-5H2,1-2H3/t6-,7-,8-,9-/m0/s1. The van der Waals surface area contributed by atoms with E-state index in [1.165, 1.54) is 0 Å². The van der Waals surface area contributed by atoms with Crippen molar-refractivity contribution in [2.24, 2.45) is 5.92 Å². The third-order valence-electron chi connectivity index (χ3n) is 3.06. The molecule has 4 atom stereocenters. The van der Waals surface area contributed by atoms with Gasteiger partial charge in [0.05, 0.1) is 12.2 Å². The molecule has 1 saturated heterocycles. The van der Waals surface area contributed by atoms with Gasteiger partial charge >= 0.3 is 0 Å². The van der Waals surface area contributed by atoms with E-state index in [9.17, 15) is 5.11 Å². The van der Waals surface area contributed by atoms with Crippen LogP contribution in [-0.4, -0.2) is 34.5 Å². The molecule has 3 nitrogen and oxygen atoms in total. The van der Waals surface area contributed by atoms with Gasteiger partial charge < -0.3 is 14.6 Å². The first-order chi connectivity index (χ1) is 6.53. The molecule has 0 unspecified atom stereocenters. The number of hydrogen-bond acceptors (Lipinski definition) is 3. The van der Waals surface area contributed by atoms with Gasteiger partial charge in [0.25, 0.3) is 0 Å². The first-order valence-electron chi connectivity index (χ1n) is 5.13. The zero-order valence-electron chi connectivity index (χ0n) is 8.57. The van der Waals surface area contributed by atoms with Gasteiger partial charge in [-0.2, -0.15) is 0 Å². The molecule has 14 heavy (non-hydrogen) atoms. The number of hydrogen-bond donors (Lipinski definition) is 1. The molecule has 0 aromatic rings. The van der Waals surface area contributed by atoms with Crippen LogP contribution in [-0.2, 0) is 9.47 Å². The van der Waals surface area contributed by atoms with Crippen LogP contribution < -0.4 is 0 Å². The first-order valence-corrected chi connectivity index (χ1v) is 6.25. The Morgan fingerprint density at radius 2 is 2.14 bits per heavy atom. The fourth-order valence-electron chi connectivity index (χ4n) is 2.47.